The van der Waals surface area contributed by atoms with E-state index in [0.717, 1.165) is 30.9 Å². The number of carbonyl (C=O) groups is 2. The Balaban J connectivity index is 1.37. The molecule has 154 valence electrons. The Morgan fingerprint density at radius 1 is 1.34 bits per heavy atom. The lowest BCUT2D eigenvalue weighted by Crippen LogP contribution is -2.62. The number of aliphatic imine (C=N–C) groups is 1. The van der Waals surface area contributed by atoms with Gasteiger partial charge in [0.2, 0.25) is 5.96 Å². The standard InChI is InChI=1S/C19H23ClN6O3/c1-11-10-26-15-16(24(2)19(28)23-17(15)27)22-18(26)25(11)8-4-7-21-12-5-6-14(29-3)13(20)9-12/h5-6,9-10,15-16,21H,4,7-8H2,1-3H3,(H,23,27,28). The maximum Gasteiger partial charge on any atom is 0.325 e. The maximum absolute atomic E-state index is 12.3. The molecule has 1 saturated heterocycles. The molecule has 3 amide bonds. The molecule has 0 spiro atoms. The second-order valence-electron chi connectivity index (χ2n) is 7.15. The molecule has 0 bridgehead atoms. The predicted molar refractivity (Wildman–Crippen MR) is 110 cm³/mol. The number of imide groups is 1. The summed E-state index contributed by atoms with van der Waals surface area (Å²) >= 11 is 6.16. The van der Waals surface area contributed by atoms with E-state index in [1.165, 1.54) is 4.90 Å². The summed E-state index contributed by atoms with van der Waals surface area (Å²) in [6, 6.07) is 4.64. The van der Waals surface area contributed by atoms with Crippen molar-refractivity contribution < 1.29 is 14.3 Å². The largest absolute Gasteiger partial charge is 0.495 e. The lowest BCUT2D eigenvalue weighted by molar-refractivity contribution is -0.126. The van der Waals surface area contributed by atoms with Crippen molar-refractivity contribution >= 4 is 35.2 Å². The summed E-state index contributed by atoms with van der Waals surface area (Å²) in [5.74, 6) is 1.03. The normalized spacial score (nSPS) is 22.8. The average molecular weight is 419 g/mol. The summed E-state index contributed by atoms with van der Waals surface area (Å²) in [5.41, 5.74) is 1.94. The van der Waals surface area contributed by atoms with E-state index in [1.807, 2.05) is 36.2 Å². The quantitative estimate of drug-likeness (QED) is 0.685. The predicted octanol–water partition coefficient (Wildman–Crippen LogP) is 1.88. The molecule has 2 N–H and O–H groups in total. The number of allylic oxidation sites excluding steroid dienone is 1. The number of guanidine groups is 1. The van der Waals surface area contributed by atoms with Crippen LogP contribution in [0.5, 0.6) is 5.75 Å². The molecule has 9 nitrogen and oxygen atoms in total. The molecule has 2 atom stereocenters. The fourth-order valence-corrected chi connectivity index (χ4v) is 4.03. The number of anilines is 1. The number of halogens is 1. The lowest BCUT2D eigenvalue weighted by atomic mass is 10.1. The van der Waals surface area contributed by atoms with Crippen LogP contribution < -0.4 is 15.4 Å². The first-order chi connectivity index (χ1) is 13.9. The number of urea groups is 1. The number of amides is 3. The molecular weight excluding hydrogens is 396 g/mol. The molecule has 3 aliphatic heterocycles. The molecule has 1 aromatic rings. The Morgan fingerprint density at radius 3 is 2.86 bits per heavy atom. The van der Waals surface area contributed by atoms with Gasteiger partial charge in [-0.25, -0.2) is 9.79 Å². The van der Waals surface area contributed by atoms with Crippen molar-refractivity contribution in [3.8, 4) is 5.75 Å². The second kappa shape index (κ2) is 7.47. The van der Waals surface area contributed by atoms with E-state index in [4.69, 9.17) is 16.3 Å². The van der Waals surface area contributed by atoms with Crippen LogP contribution in [0.2, 0.25) is 5.02 Å². The number of rotatable bonds is 6. The second-order valence-corrected chi connectivity index (χ2v) is 7.56. The van der Waals surface area contributed by atoms with E-state index in [0.29, 0.717) is 16.7 Å². The fourth-order valence-electron chi connectivity index (χ4n) is 3.77. The molecule has 0 radical (unpaired) electrons. The molecule has 4 rings (SSSR count). The number of nitrogens with one attached hydrogen (secondary N) is 2. The molecule has 3 heterocycles. The number of hydrogen-bond donors (Lipinski definition) is 2. The Kier molecular flexibility index (Phi) is 4.99. The minimum atomic E-state index is -0.521. The van der Waals surface area contributed by atoms with E-state index in [2.05, 4.69) is 20.5 Å². The zero-order valence-corrected chi connectivity index (χ0v) is 17.2. The van der Waals surface area contributed by atoms with Crippen LogP contribution in [0, 0.1) is 0 Å². The Labute approximate surface area is 173 Å². The number of fused-ring (bicyclic) bond motifs is 3. The number of hydrogen-bond acceptors (Lipinski definition) is 7. The number of carbonyl (C=O) groups excluding carboxylic acids is 2. The van der Waals surface area contributed by atoms with Crippen LogP contribution in [-0.4, -0.2) is 72.1 Å². The van der Waals surface area contributed by atoms with Gasteiger partial charge >= 0.3 is 6.03 Å². The molecular formula is C19H23ClN6O3. The summed E-state index contributed by atoms with van der Waals surface area (Å²) in [5, 5.41) is 6.29. The number of likely N-dealkylation sites (N-methyl/N-ethyl adjacent to an activating group) is 1. The molecule has 1 fully saturated rings. The summed E-state index contributed by atoms with van der Waals surface area (Å²) in [6.45, 7) is 3.46. The van der Waals surface area contributed by atoms with Crippen LogP contribution in [0.4, 0.5) is 10.5 Å². The van der Waals surface area contributed by atoms with Crippen LogP contribution >= 0.6 is 11.6 Å². The third-order valence-corrected chi connectivity index (χ3v) is 5.60. The van der Waals surface area contributed by atoms with Crippen LogP contribution in [-0.2, 0) is 4.79 Å². The maximum atomic E-state index is 12.3. The van der Waals surface area contributed by atoms with Crippen molar-refractivity contribution in [2.24, 2.45) is 4.99 Å². The number of methoxy groups -OCH3 is 1. The van der Waals surface area contributed by atoms with Crippen LogP contribution in [0.15, 0.2) is 35.1 Å². The fraction of sp³-hybridized carbons (Fsp3) is 0.421. The highest BCUT2D eigenvalue weighted by Crippen LogP contribution is 2.32. The van der Waals surface area contributed by atoms with Crippen molar-refractivity contribution in [2.45, 2.75) is 25.6 Å². The van der Waals surface area contributed by atoms with Gasteiger partial charge in [0.15, 0.2) is 12.2 Å². The van der Waals surface area contributed by atoms with Crippen molar-refractivity contribution in [2.75, 3.05) is 32.6 Å². The number of ether oxygens (including phenoxy) is 1. The zero-order chi connectivity index (χ0) is 20.7. The van der Waals surface area contributed by atoms with Gasteiger partial charge in [-0.1, -0.05) is 11.6 Å². The highest BCUT2D eigenvalue weighted by molar-refractivity contribution is 6.32. The zero-order valence-electron chi connectivity index (χ0n) is 16.5. The molecule has 0 saturated carbocycles. The number of nitrogens with zero attached hydrogens (tertiary/aromatic N) is 4. The summed E-state index contributed by atoms with van der Waals surface area (Å²) in [7, 11) is 3.24. The third-order valence-electron chi connectivity index (χ3n) is 5.31. The highest BCUT2D eigenvalue weighted by Gasteiger charge is 2.51. The first-order valence-corrected chi connectivity index (χ1v) is 9.75. The molecule has 0 aromatic heterocycles. The third kappa shape index (κ3) is 3.35. The Bertz CT molecular complexity index is 917. The van der Waals surface area contributed by atoms with E-state index in [1.54, 1.807) is 14.2 Å². The minimum absolute atomic E-state index is 0.319. The summed E-state index contributed by atoms with van der Waals surface area (Å²) < 4.78 is 5.16. The average Bonchev–Trinajstić information content (AvgIpc) is 3.19. The van der Waals surface area contributed by atoms with Crippen molar-refractivity contribution in [1.29, 1.82) is 0 Å². The summed E-state index contributed by atoms with van der Waals surface area (Å²) in [4.78, 5) is 34.3. The summed E-state index contributed by atoms with van der Waals surface area (Å²) in [6.07, 6.45) is 2.26. The van der Waals surface area contributed by atoms with Gasteiger partial charge in [-0.3, -0.25) is 10.1 Å². The minimum Gasteiger partial charge on any atom is -0.495 e. The van der Waals surface area contributed by atoms with E-state index < -0.39 is 18.2 Å². The van der Waals surface area contributed by atoms with E-state index in [9.17, 15) is 9.59 Å². The van der Waals surface area contributed by atoms with Gasteiger partial charge in [0, 0.05) is 37.7 Å². The Hall–Kier alpha value is -2.94. The van der Waals surface area contributed by atoms with Crippen molar-refractivity contribution in [3.05, 3.63) is 35.1 Å². The monoisotopic (exact) mass is 418 g/mol. The van der Waals surface area contributed by atoms with Crippen molar-refractivity contribution in [1.82, 2.24) is 20.0 Å². The lowest BCUT2D eigenvalue weighted by Gasteiger charge is -2.34. The highest BCUT2D eigenvalue weighted by atomic mass is 35.5. The van der Waals surface area contributed by atoms with Gasteiger partial charge in [-0.15, -0.1) is 0 Å². The first kappa shape index (κ1) is 19.4. The molecule has 3 aliphatic rings. The molecule has 29 heavy (non-hydrogen) atoms. The van der Waals surface area contributed by atoms with Crippen molar-refractivity contribution in [3.63, 3.8) is 0 Å². The van der Waals surface area contributed by atoms with Crippen LogP contribution in [0.25, 0.3) is 0 Å². The van der Waals surface area contributed by atoms with Gasteiger partial charge < -0.3 is 24.8 Å². The van der Waals surface area contributed by atoms with Crippen LogP contribution in [0.3, 0.4) is 0 Å². The molecule has 10 heteroatoms. The van der Waals surface area contributed by atoms with Gasteiger partial charge in [-0.05, 0) is 31.5 Å². The van der Waals surface area contributed by atoms with Gasteiger partial charge in [0.25, 0.3) is 5.91 Å². The number of benzene rings is 1. The smallest absolute Gasteiger partial charge is 0.325 e. The first-order valence-electron chi connectivity index (χ1n) is 9.38. The molecule has 1 aromatic carbocycles. The van der Waals surface area contributed by atoms with Crippen LogP contribution in [0.1, 0.15) is 13.3 Å². The van der Waals surface area contributed by atoms with E-state index >= 15 is 0 Å². The van der Waals surface area contributed by atoms with Gasteiger partial charge in [-0.2, -0.15) is 0 Å². The molecule has 0 aliphatic carbocycles. The topological polar surface area (TPSA) is 89.5 Å². The molecule has 2 unspecified atom stereocenters. The van der Waals surface area contributed by atoms with E-state index in [-0.39, 0.29) is 5.91 Å². The Morgan fingerprint density at radius 2 is 2.14 bits per heavy atom. The SMILES string of the molecule is COc1ccc(NCCCN2C(C)=CN3C2=NC2C3C(=O)NC(=O)N2C)cc1Cl. The van der Waals surface area contributed by atoms with Gasteiger partial charge in [0.05, 0.1) is 12.1 Å². The van der Waals surface area contributed by atoms with Gasteiger partial charge in [0.1, 0.15) is 5.75 Å².